The lowest BCUT2D eigenvalue weighted by molar-refractivity contribution is -0.140. The normalized spacial score (nSPS) is 16.2. The van der Waals surface area contributed by atoms with Crippen LogP contribution < -0.4 is 4.74 Å². The zero-order chi connectivity index (χ0) is 17.4. The zero-order valence-corrected chi connectivity index (χ0v) is 14.8. The van der Waals surface area contributed by atoms with Crippen molar-refractivity contribution in [3.8, 4) is 5.75 Å². The number of aryl methyl sites for hydroxylation is 1. The molecule has 1 saturated carbocycles. The molecule has 0 N–H and O–H groups in total. The van der Waals surface area contributed by atoms with Crippen LogP contribution in [0.5, 0.6) is 5.75 Å². The number of fused-ring (bicyclic) bond motifs is 1. The second kappa shape index (κ2) is 6.19. The highest BCUT2D eigenvalue weighted by atomic mass is 35.5. The summed E-state index contributed by atoms with van der Waals surface area (Å²) in [6.45, 7) is 0. The van der Waals surface area contributed by atoms with E-state index in [1.165, 1.54) is 0 Å². The molecule has 0 unspecified atom stereocenters. The summed E-state index contributed by atoms with van der Waals surface area (Å²) < 4.78 is 7.72. The highest BCUT2D eigenvalue weighted by Crippen LogP contribution is 2.42. The molecule has 0 aliphatic heterocycles. The predicted molar refractivity (Wildman–Crippen MR) is 97.9 cm³/mol. The smallest absolute Gasteiger partial charge is 0.321 e. The summed E-state index contributed by atoms with van der Waals surface area (Å²) in [4.78, 5) is 17.4. The molecule has 0 amide bonds. The molecule has 0 radical (unpaired) electrons. The SMILES string of the molecule is Cn1cnc2cc(OC(=O)C3(c4ccc(Cl)cc4)CCCC3)ccc21. The predicted octanol–water partition coefficient (Wildman–Crippen LogP) is 4.64. The number of esters is 1. The fourth-order valence-electron chi connectivity index (χ4n) is 3.74. The van der Waals surface area contributed by atoms with Gasteiger partial charge in [0.15, 0.2) is 0 Å². The van der Waals surface area contributed by atoms with Crippen molar-refractivity contribution < 1.29 is 9.53 Å². The first-order chi connectivity index (χ1) is 12.1. The molecule has 1 aromatic heterocycles. The van der Waals surface area contributed by atoms with Gasteiger partial charge in [-0.3, -0.25) is 4.79 Å². The Bertz CT molecular complexity index is 925. The molecule has 3 aromatic rings. The van der Waals surface area contributed by atoms with Gasteiger partial charge in [-0.1, -0.05) is 36.6 Å². The van der Waals surface area contributed by atoms with Crippen molar-refractivity contribution in [2.45, 2.75) is 31.1 Å². The van der Waals surface area contributed by atoms with Gasteiger partial charge in [-0.25, -0.2) is 4.98 Å². The Morgan fingerprint density at radius 2 is 1.88 bits per heavy atom. The van der Waals surface area contributed by atoms with Crippen LogP contribution in [-0.4, -0.2) is 15.5 Å². The summed E-state index contributed by atoms with van der Waals surface area (Å²) in [5, 5.41) is 0.672. The molecule has 1 fully saturated rings. The number of carbonyl (C=O) groups excluding carboxylic acids is 1. The molecule has 25 heavy (non-hydrogen) atoms. The van der Waals surface area contributed by atoms with Gasteiger partial charge in [0.25, 0.3) is 0 Å². The summed E-state index contributed by atoms with van der Waals surface area (Å²) >= 11 is 6.01. The lowest BCUT2D eigenvalue weighted by Crippen LogP contribution is -2.36. The van der Waals surface area contributed by atoms with Crippen LogP contribution in [0.15, 0.2) is 48.8 Å². The maximum absolute atomic E-state index is 13.1. The number of ether oxygens (including phenoxy) is 1. The minimum Gasteiger partial charge on any atom is -0.426 e. The van der Waals surface area contributed by atoms with E-state index < -0.39 is 5.41 Å². The molecule has 4 nitrogen and oxygen atoms in total. The molecule has 128 valence electrons. The summed E-state index contributed by atoms with van der Waals surface area (Å²) in [6.07, 6.45) is 5.41. The fourth-order valence-corrected chi connectivity index (χ4v) is 3.87. The van der Waals surface area contributed by atoms with E-state index in [4.69, 9.17) is 16.3 Å². The third-order valence-electron chi connectivity index (χ3n) is 5.15. The Balaban J connectivity index is 1.65. The maximum Gasteiger partial charge on any atom is 0.321 e. The Kier molecular flexibility index (Phi) is 4.00. The quantitative estimate of drug-likeness (QED) is 0.508. The van der Waals surface area contributed by atoms with Crippen molar-refractivity contribution in [1.29, 1.82) is 0 Å². The number of hydrogen-bond donors (Lipinski definition) is 0. The Morgan fingerprint density at radius 1 is 1.16 bits per heavy atom. The second-order valence-electron chi connectivity index (χ2n) is 6.69. The number of imidazole rings is 1. The highest BCUT2D eigenvalue weighted by molar-refractivity contribution is 6.30. The van der Waals surface area contributed by atoms with Crippen molar-refractivity contribution in [1.82, 2.24) is 9.55 Å². The minimum absolute atomic E-state index is 0.192. The largest absolute Gasteiger partial charge is 0.426 e. The van der Waals surface area contributed by atoms with Crippen LogP contribution in [0.25, 0.3) is 11.0 Å². The lowest BCUT2D eigenvalue weighted by Gasteiger charge is -2.27. The summed E-state index contributed by atoms with van der Waals surface area (Å²) in [7, 11) is 1.94. The van der Waals surface area contributed by atoms with E-state index in [1.54, 1.807) is 6.33 Å². The number of benzene rings is 2. The fraction of sp³-hybridized carbons (Fsp3) is 0.300. The van der Waals surface area contributed by atoms with Crippen molar-refractivity contribution >= 4 is 28.6 Å². The van der Waals surface area contributed by atoms with Crippen molar-refractivity contribution in [2.75, 3.05) is 0 Å². The molecular weight excluding hydrogens is 336 g/mol. The van der Waals surface area contributed by atoms with Crippen molar-refractivity contribution in [3.63, 3.8) is 0 Å². The number of carbonyl (C=O) groups is 1. The summed E-state index contributed by atoms with van der Waals surface area (Å²) in [5.74, 6) is 0.346. The van der Waals surface area contributed by atoms with E-state index in [1.807, 2.05) is 54.1 Å². The lowest BCUT2D eigenvalue weighted by atomic mass is 9.79. The average Bonchev–Trinajstić information content (AvgIpc) is 3.24. The van der Waals surface area contributed by atoms with Crippen LogP contribution in [-0.2, 0) is 17.3 Å². The standard InChI is InChI=1S/C20H19ClN2O2/c1-23-13-22-17-12-16(8-9-18(17)23)25-19(24)20(10-2-3-11-20)14-4-6-15(21)7-5-14/h4-9,12-13H,2-3,10-11H2,1H3. The van der Waals surface area contributed by atoms with E-state index in [2.05, 4.69) is 4.98 Å². The zero-order valence-electron chi connectivity index (χ0n) is 14.0. The Hall–Kier alpha value is -2.33. The van der Waals surface area contributed by atoms with Crippen LogP contribution >= 0.6 is 11.6 Å². The minimum atomic E-state index is -0.580. The van der Waals surface area contributed by atoms with E-state index in [-0.39, 0.29) is 5.97 Å². The first-order valence-corrected chi connectivity index (χ1v) is 8.86. The molecule has 0 saturated heterocycles. The molecule has 0 spiro atoms. The molecule has 1 heterocycles. The van der Waals surface area contributed by atoms with Gasteiger partial charge in [0, 0.05) is 18.1 Å². The first kappa shape index (κ1) is 16.2. The number of aromatic nitrogens is 2. The van der Waals surface area contributed by atoms with Gasteiger partial charge in [0.1, 0.15) is 5.75 Å². The molecule has 1 aliphatic carbocycles. The van der Waals surface area contributed by atoms with Crippen LogP contribution in [0.2, 0.25) is 5.02 Å². The Morgan fingerprint density at radius 3 is 2.60 bits per heavy atom. The van der Waals surface area contributed by atoms with Gasteiger partial charge in [0.2, 0.25) is 0 Å². The molecular formula is C20H19ClN2O2. The summed E-state index contributed by atoms with van der Waals surface area (Å²) in [5.41, 5.74) is 2.23. The highest BCUT2D eigenvalue weighted by Gasteiger charge is 2.44. The van der Waals surface area contributed by atoms with Gasteiger partial charge in [-0.15, -0.1) is 0 Å². The Labute approximate surface area is 151 Å². The molecule has 5 heteroatoms. The molecule has 1 aliphatic rings. The maximum atomic E-state index is 13.1. The first-order valence-electron chi connectivity index (χ1n) is 8.48. The van der Waals surface area contributed by atoms with E-state index >= 15 is 0 Å². The molecule has 4 rings (SSSR count). The van der Waals surface area contributed by atoms with Gasteiger partial charge < -0.3 is 9.30 Å². The molecule has 0 atom stereocenters. The third-order valence-corrected chi connectivity index (χ3v) is 5.40. The van der Waals surface area contributed by atoms with Crippen LogP contribution in [0, 0.1) is 0 Å². The number of halogens is 1. The van der Waals surface area contributed by atoms with E-state index in [0.29, 0.717) is 10.8 Å². The van der Waals surface area contributed by atoms with Crippen LogP contribution in [0.1, 0.15) is 31.2 Å². The number of rotatable bonds is 3. The van der Waals surface area contributed by atoms with Gasteiger partial charge >= 0.3 is 5.97 Å². The van der Waals surface area contributed by atoms with Gasteiger partial charge in [0.05, 0.1) is 22.8 Å². The molecule has 2 aromatic carbocycles. The number of hydrogen-bond acceptors (Lipinski definition) is 3. The van der Waals surface area contributed by atoms with Crippen LogP contribution in [0.4, 0.5) is 0 Å². The average molecular weight is 355 g/mol. The van der Waals surface area contributed by atoms with Crippen LogP contribution in [0.3, 0.4) is 0 Å². The van der Waals surface area contributed by atoms with Crippen molar-refractivity contribution in [2.24, 2.45) is 7.05 Å². The molecule has 0 bridgehead atoms. The number of nitrogens with zero attached hydrogens (tertiary/aromatic N) is 2. The summed E-state index contributed by atoms with van der Waals surface area (Å²) in [6, 6.07) is 13.1. The van der Waals surface area contributed by atoms with Crippen molar-refractivity contribution in [3.05, 3.63) is 59.4 Å². The third kappa shape index (κ3) is 2.81. The monoisotopic (exact) mass is 354 g/mol. The van der Waals surface area contributed by atoms with E-state index in [0.717, 1.165) is 42.3 Å². The second-order valence-corrected chi connectivity index (χ2v) is 7.13. The topological polar surface area (TPSA) is 44.1 Å². The van der Waals surface area contributed by atoms with E-state index in [9.17, 15) is 4.79 Å². The van der Waals surface area contributed by atoms with Gasteiger partial charge in [-0.05, 0) is 42.7 Å². The van der Waals surface area contributed by atoms with Gasteiger partial charge in [-0.2, -0.15) is 0 Å².